The van der Waals surface area contributed by atoms with Crippen LogP contribution in [0.15, 0.2) is 35.5 Å². The molecule has 3 heterocycles. The van der Waals surface area contributed by atoms with Gasteiger partial charge < -0.3 is 29.6 Å². The molecule has 0 unspecified atom stereocenters. The maximum Gasteiger partial charge on any atom is 0.338 e. The molecule has 2 N–H and O–H groups in total. The van der Waals surface area contributed by atoms with Crippen LogP contribution in [0.1, 0.15) is 24.4 Å². The third-order valence-electron chi connectivity index (χ3n) is 5.80. The van der Waals surface area contributed by atoms with E-state index in [0.29, 0.717) is 36.8 Å². The Bertz CT molecular complexity index is 839. The zero-order chi connectivity index (χ0) is 21.1. The van der Waals surface area contributed by atoms with E-state index in [1.165, 1.54) is 7.11 Å². The highest BCUT2D eigenvalue weighted by Gasteiger charge is 2.41. The van der Waals surface area contributed by atoms with E-state index >= 15 is 0 Å². The van der Waals surface area contributed by atoms with E-state index in [1.807, 2.05) is 18.2 Å². The van der Waals surface area contributed by atoms with Crippen LogP contribution in [0.3, 0.4) is 0 Å². The van der Waals surface area contributed by atoms with E-state index in [9.17, 15) is 9.59 Å². The van der Waals surface area contributed by atoms with Crippen molar-refractivity contribution in [2.45, 2.75) is 24.7 Å². The number of amides is 2. The number of urea groups is 1. The molecule has 0 aliphatic carbocycles. The van der Waals surface area contributed by atoms with Gasteiger partial charge in [0.25, 0.3) is 0 Å². The summed E-state index contributed by atoms with van der Waals surface area (Å²) >= 11 is 0. The van der Waals surface area contributed by atoms with Crippen molar-refractivity contribution in [1.82, 2.24) is 15.5 Å². The van der Waals surface area contributed by atoms with E-state index in [2.05, 4.69) is 15.5 Å². The smallest absolute Gasteiger partial charge is 0.338 e. The molecule has 0 aromatic heterocycles. The fraction of sp³-hybridized carbons (Fsp3) is 0.524. The summed E-state index contributed by atoms with van der Waals surface area (Å²) in [6.07, 6.45) is 1.50. The Morgan fingerprint density at radius 3 is 2.63 bits per heavy atom. The van der Waals surface area contributed by atoms with E-state index < -0.39 is 17.8 Å². The molecular formula is C21H27N3O6. The third kappa shape index (κ3) is 4.14. The van der Waals surface area contributed by atoms with Gasteiger partial charge in [0.15, 0.2) is 5.79 Å². The van der Waals surface area contributed by atoms with Gasteiger partial charge in [0.05, 0.1) is 39.0 Å². The molecule has 0 saturated carbocycles. The molecule has 2 amide bonds. The van der Waals surface area contributed by atoms with Crippen LogP contribution in [-0.4, -0.2) is 69.8 Å². The standard InChI is InChI=1S/C21H27N3O6/c1-27-15-5-3-4-14(12-15)18-17(19(25)28-2)16(22-20(26)23-18)13-24-8-6-21(7-9-24)29-10-11-30-21/h3-5,12,18H,6-11,13H2,1-2H3,(H2,22,23,26)/t18-/m1/s1. The number of nitrogens with zero attached hydrogens (tertiary/aromatic N) is 1. The van der Waals surface area contributed by atoms with Crippen LogP contribution in [0.25, 0.3) is 0 Å². The predicted octanol–water partition coefficient (Wildman–Crippen LogP) is 1.32. The van der Waals surface area contributed by atoms with Gasteiger partial charge in [0.1, 0.15) is 5.75 Å². The highest BCUT2D eigenvalue weighted by atomic mass is 16.7. The van der Waals surface area contributed by atoms with E-state index in [0.717, 1.165) is 31.5 Å². The Balaban J connectivity index is 1.59. The van der Waals surface area contributed by atoms with Crippen LogP contribution in [0.5, 0.6) is 5.75 Å². The molecule has 2 saturated heterocycles. The van der Waals surface area contributed by atoms with Crippen LogP contribution in [0, 0.1) is 0 Å². The summed E-state index contributed by atoms with van der Waals surface area (Å²) < 4.78 is 21.9. The lowest BCUT2D eigenvalue weighted by Crippen LogP contribution is -2.51. The zero-order valence-corrected chi connectivity index (χ0v) is 17.2. The average Bonchev–Trinajstić information content (AvgIpc) is 3.22. The topological polar surface area (TPSA) is 98.4 Å². The number of nitrogens with one attached hydrogen (secondary N) is 2. The van der Waals surface area contributed by atoms with Gasteiger partial charge in [-0.1, -0.05) is 12.1 Å². The first-order valence-electron chi connectivity index (χ1n) is 10.1. The predicted molar refractivity (Wildman–Crippen MR) is 107 cm³/mol. The molecule has 9 nitrogen and oxygen atoms in total. The summed E-state index contributed by atoms with van der Waals surface area (Å²) in [5.41, 5.74) is 1.68. The second-order valence-electron chi connectivity index (χ2n) is 7.58. The average molecular weight is 417 g/mol. The maximum absolute atomic E-state index is 12.7. The lowest BCUT2D eigenvalue weighted by Gasteiger charge is -2.39. The van der Waals surface area contributed by atoms with Crippen molar-refractivity contribution in [3.05, 3.63) is 41.1 Å². The van der Waals surface area contributed by atoms with Gasteiger partial charge in [-0.2, -0.15) is 0 Å². The molecule has 0 radical (unpaired) electrons. The minimum Gasteiger partial charge on any atom is -0.497 e. The number of hydrogen-bond acceptors (Lipinski definition) is 7. The Morgan fingerprint density at radius 2 is 1.97 bits per heavy atom. The van der Waals surface area contributed by atoms with Gasteiger partial charge in [-0.25, -0.2) is 9.59 Å². The molecule has 2 fully saturated rings. The van der Waals surface area contributed by atoms with Crippen LogP contribution in [0.4, 0.5) is 4.79 Å². The number of hydrogen-bond donors (Lipinski definition) is 2. The normalized spacial score (nSPS) is 23.8. The minimum atomic E-state index is -0.631. The molecule has 1 atom stereocenters. The van der Waals surface area contributed by atoms with E-state index in [-0.39, 0.29) is 6.03 Å². The quantitative estimate of drug-likeness (QED) is 0.697. The van der Waals surface area contributed by atoms with Crippen molar-refractivity contribution in [3.8, 4) is 5.75 Å². The van der Waals surface area contributed by atoms with Crippen LogP contribution in [-0.2, 0) is 19.0 Å². The molecule has 4 rings (SSSR count). The fourth-order valence-electron chi connectivity index (χ4n) is 4.23. The Morgan fingerprint density at radius 1 is 1.23 bits per heavy atom. The first-order chi connectivity index (χ1) is 14.5. The summed E-state index contributed by atoms with van der Waals surface area (Å²) in [5, 5.41) is 5.65. The highest BCUT2D eigenvalue weighted by molar-refractivity contribution is 5.95. The number of ether oxygens (including phenoxy) is 4. The van der Waals surface area contributed by atoms with Gasteiger partial charge in [-0.05, 0) is 17.7 Å². The van der Waals surface area contributed by atoms with Gasteiger partial charge >= 0.3 is 12.0 Å². The van der Waals surface area contributed by atoms with Gasteiger partial charge in [-0.3, -0.25) is 4.90 Å². The molecule has 0 bridgehead atoms. The van der Waals surface area contributed by atoms with Crippen LogP contribution < -0.4 is 15.4 Å². The second-order valence-corrected chi connectivity index (χ2v) is 7.58. The lowest BCUT2D eigenvalue weighted by molar-refractivity contribution is -0.184. The maximum atomic E-state index is 12.7. The molecular weight excluding hydrogens is 390 g/mol. The van der Waals surface area contributed by atoms with Crippen molar-refractivity contribution in [2.75, 3.05) is 47.1 Å². The summed E-state index contributed by atoms with van der Waals surface area (Å²) in [5.74, 6) is -0.318. The first kappa shape index (κ1) is 20.6. The van der Waals surface area contributed by atoms with Gasteiger partial charge in [0.2, 0.25) is 0 Å². The lowest BCUT2D eigenvalue weighted by atomic mass is 9.94. The zero-order valence-electron chi connectivity index (χ0n) is 17.2. The van der Waals surface area contributed by atoms with Gasteiger partial charge in [-0.15, -0.1) is 0 Å². The van der Waals surface area contributed by atoms with Gasteiger partial charge in [0, 0.05) is 38.2 Å². The molecule has 30 heavy (non-hydrogen) atoms. The molecule has 1 spiro atoms. The molecule has 3 aliphatic rings. The molecule has 1 aromatic rings. The third-order valence-corrected chi connectivity index (χ3v) is 5.80. The van der Waals surface area contributed by atoms with E-state index in [1.54, 1.807) is 13.2 Å². The number of esters is 1. The van der Waals surface area contributed by atoms with Crippen LogP contribution in [0.2, 0.25) is 0 Å². The summed E-state index contributed by atoms with van der Waals surface area (Å²) in [7, 11) is 2.91. The van der Waals surface area contributed by atoms with Crippen molar-refractivity contribution >= 4 is 12.0 Å². The summed E-state index contributed by atoms with van der Waals surface area (Å²) in [6.45, 7) is 3.16. The molecule has 1 aromatic carbocycles. The monoisotopic (exact) mass is 417 g/mol. The Hall–Kier alpha value is -2.62. The Labute approximate surface area is 175 Å². The van der Waals surface area contributed by atoms with Crippen molar-refractivity contribution in [3.63, 3.8) is 0 Å². The minimum absolute atomic E-state index is 0.360. The summed E-state index contributed by atoms with van der Waals surface area (Å²) in [6, 6.07) is 6.29. The molecule has 3 aliphatic heterocycles. The molecule has 162 valence electrons. The largest absolute Gasteiger partial charge is 0.497 e. The van der Waals surface area contributed by atoms with Crippen molar-refractivity contribution < 1.29 is 28.5 Å². The number of benzene rings is 1. The number of piperidine rings is 1. The first-order valence-corrected chi connectivity index (χ1v) is 10.1. The van der Waals surface area contributed by atoms with Crippen molar-refractivity contribution in [1.29, 1.82) is 0 Å². The molecule has 9 heteroatoms. The highest BCUT2D eigenvalue weighted by Crippen LogP contribution is 2.33. The van der Waals surface area contributed by atoms with E-state index in [4.69, 9.17) is 18.9 Å². The number of likely N-dealkylation sites (tertiary alicyclic amines) is 1. The second kappa shape index (κ2) is 8.63. The SMILES string of the molecule is COC(=O)C1=C(CN2CCC3(CC2)OCCO3)NC(=O)N[C@@H]1c1cccc(OC)c1. The number of methoxy groups -OCH3 is 2. The van der Waals surface area contributed by atoms with Crippen molar-refractivity contribution in [2.24, 2.45) is 0 Å². The summed E-state index contributed by atoms with van der Waals surface area (Å²) in [4.78, 5) is 27.3. The fourth-order valence-corrected chi connectivity index (χ4v) is 4.23. The number of rotatable bonds is 5. The number of carbonyl (C=O) groups excluding carboxylic acids is 2. The number of carbonyl (C=O) groups is 2. The van der Waals surface area contributed by atoms with Crippen LogP contribution >= 0.6 is 0 Å². The Kier molecular flexibility index (Phi) is 5.94.